The van der Waals surface area contributed by atoms with E-state index < -0.39 is 0 Å². The average molecular weight is 228 g/mol. The number of hydrogen-bond acceptors (Lipinski definition) is 2. The van der Waals surface area contributed by atoms with E-state index in [9.17, 15) is 0 Å². The number of nitrogen functional groups attached to an aromatic ring is 1. The number of nitrogens with two attached hydrogens (primary N) is 1. The van der Waals surface area contributed by atoms with Crippen LogP contribution in [0.5, 0.6) is 0 Å². The summed E-state index contributed by atoms with van der Waals surface area (Å²) >= 11 is 6.01. The summed E-state index contributed by atoms with van der Waals surface area (Å²) in [5.74, 6) is 2.20. The Morgan fingerprint density at radius 1 is 1.47 bits per heavy atom. The van der Waals surface area contributed by atoms with Crippen LogP contribution in [-0.4, -0.2) is 9.78 Å². The van der Waals surface area contributed by atoms with E-state index in [1.807, 2.05) is 11.6 Å². The zero-order valence-electron chi connectivity index (χ0n) is 9.50. The SMILES string of the molecule is Cc1nn(C2CC(C(C)C)C2)c(N)c1Cl. The van der Waals surface area contributed by atoms with Crippen molar-refractivity contribution < 1.29 is 0 Å². The Labute approximate surface area is 95.6 Å². The van der Waals surface area contributed by atoms with Crippen LogP contribution >= 0.6 is 11.6 Å². The van der Waals surface area contributed by atoms with Gasteiger partial charge in [0, 0.05) is 0 Å². The van der Waals surface area contributed by atoms with Crippen molar-refractivity contribution in [2.45, 2.75) is 39.7 Å². The normalized spacial score (nSPS) is 25.7. The highest BCUT2D eigenvalue weighted by molar-refractivity contribution is 6.33. The number of hydrogen-bond donors (Lipinski definition) is 1. The van der Waals surface area contributed by atoms with Crippen LogP contribution in [0.4, 0.5) is 5.82 Å². The molecule has 0 aromatic carbocycles. The number of aryl methyl sites for hydroxylation is 1. The minimum atomic E-state index is 0.462. The van der Waals surface area contributed by atoms with Crippen molar-refractivity contribution >= 4 is 17.4 Å². The molecule has 3 nitrogen and oxygen atoms in total. The van der Waals surface area contributed by atoms with Crippen LogP contribution in [0.2, 0.25) is 5.02 Å². The molecule has 1 aromatic rings. The van der Waals surface area contributed by atoms with Gasteiger partial charge in [-0.05, 0) is 31.6 Å². The number of nitrogens with zero attached hydrogens (tertiary/aromatic N) is 2. The summed E-state index contributed by atoms with van der Waals surface area (Å²) in [5, 5.41) is 5.00. The Morgan fingerprint density at radius 3 is 2.47 bits per heavy atom. The third kappa shape index (κ3) is 1.73. The van der Waals surface area contributed by atoms with Crippen LogP contribution in [0.15, 0.2) is 0 Å². The molecule has 2 rings (SSSR count). The Hall–Kier alpha value is -0.700. The van der Waals surface area contributed by atoms with Gasteiger partial charge in [0.25, 0.3) is 0 Å². The largest absolute Gasteiger partial charge is 0.383 e. The second-order valence-electron chi connectivity index (χ2n) is 4.86. The molecule has 1 saturated carbocycles. The van der Waals surface area contributed by atoms with Crippen molar-refractivity contribution in [3.63, 3.8) is 0 Å². The van der Waals surface area contributed by atoms with Gasteiger partial charge in [-0.15, -0.1) is 0 Å². The Kier molecular flexibility index (Phi) is 2.67. The van der Waals surface area contributed by atoms with Crippen molar-refractivity contribution in [2.75, 3.05) is 5.73 Å². The first kappa shape index (κ1) is 10.8. The highest BCUT2D eigenvalue weighted by Crippen LogP contribution is 2.43. The van der Waals surface area contributed by atoms with Gasteiger partial charge in [0.2, 0.25) is 0 Å². The lowest BCUT2D eigenvalue weighted by molar-refractivity contribution is 0.138. The van der Waals surface area contributed by atoms with Crippen LogP contribution in [0.3, 0.4) is 0 Å². The molecule has 0 aliphatic heterocycles. The minimum absolute atomic E-state index is 0.462. The predicted octanol–water partition coefficient (Wildman–Crippen LogP) is 3.03. The quantitative estimate of drug-likeness (QED) is 0.844. The molecule has 1 aromatic heterocycles. The maximum Gasteiger partial charge on any atom is 0.141 e. The molecule has 0 bridgehead atoms. The summed E-state index contributed by atoms with van der Waals surface area (Å²) in [4.78, 5) is 0. The molecular formula is C11H18ClN3. The summed E-state index contributed by atoms with van der Waals surface area (Å²) in [5.41, 5.74) is 6.74. The van der Waals surface area contributed by atoms with Gasteiger partial charge in [0.05, 0.1) is 11.7 Å². The van der Waals surface area contributed by atoms with Crippen molar-refractivity contribution in [1.82, 2.24) is 9.78 Å². The molecule has 4 heteroatoms. The number of halogens is 1. The fraction of sp³-hybridized carbons (Fsp3) is 0.727. The van der Waals surface area contributed by atoms with Gasteiger partial charge >= 0.3 is 0 Å². The summed E-state index contributed by atoms with van der Waals surface area (Å²) in [6, 6.07) is 0.462. The fourth-order valence-corrected chi connectivity index (χ4v) is 2.32. The Balaban J connectivity index is 2.10. The molecule has 1 heterocycles. The zero-order chi connectivity index (χ0) is 11.2. The third-order valence-corrected chi connectivity index (χ3v) is 3.95. The standard InChI is InChI=1S/C11H18ClN3/c1-6(2)8-4-9(5-8)15-11(13)10(12)7(3)14-15/h6,8-9H,4-5,13H2,1-3H3. The van der Waals surface area contributed by atoms with Gasteiger partial charge in [-0.3, -0.25) is 0 Å². The van der Waals surface area contributed by atoms with E-state index in [1.54, 1.807) is 0 Å². The lowest BCUT2D eigenvalue weighted by Crippen LogP contribution is -2.31. The summed E-state index contributed by atoms with van der Waals surface area (Å²) in [6.45, 7) is 6.44. The first-order valence-electron chi connectivity index (χ1n) is 5.50. The first-order chi connectivity index (χ1) is 7.00. The minimum Gasteiger partial charge on any atom is -0.383 e. The van der Waals surface area contributed by atoms with Crippen molar-refractivity contribution in [3.8, 4) is 0 Å². The topological polar surface area (TPSA) is 43.8 Å². The lowest BCUT2D eigenvalue weighted by atomic mass is 9.74. The second kappa shape index (κ2) is 3.71. The number of aromatic nitrogens is 2. The molecule has 0 unspecified atom stereocenters. The molecule has 1 fully saturated rings. The average Bonchev–Trinajstić information content (AvgIpc) is 2.31. The second-order valence-corrected chi connectivity index (χ2v) is 5.24. The summed E-state index contributed by atoms with van der Waals surface area (Å²) in [7, 11) is 0. The predicted molar refractivity (Wildman–Crippen MR) is 63.0 cm³/mol. The van der Waals surface area contributed by atoms with Gasteiger partial charge in [0.15, 0.2) is 0 Å². The van der Waals surface area contributed by atoms with Crippen molar-refractivity contribution in [2.24, 2.45) is 11.8 Å². The van der Waals surface area contributed by atoms with Gasteiger partial charge in [0.1, 0.15) is 10.8 Å². The highest BCUT2D eigenvalue weighted by Gasteiger charge is 2.34. The van der Waals surface area contributed by atoms with E-state index in [4.69, 9.17) is 17.3 Å². The van der Waals surface area contributed by atoms with Gasteiger partial charge in [-0.2, -0.15) is 5.10 Å². The number of anilines is 1. The van der Waals surface area contributed by atoms with E-state index in [2.05, 4.69) is 18.9 Å². The molecular weight excluding hydrogens is 210 g/mol. The maximum atomic E-state index is 6.01. The molecule has 84 valence electrons. The van der Waals surface area contributed by atoms with Crippen LogP contribution in [0.1, 0.15) is 38.4 Å². The maximum absolute atomic E-state index is 6.01. The van der Waals surface area contributed by atoms with E-state index in [-0.39, 0.29) is 0 Å². The van der Waals surface area contributed by atoms with Crippen LogP contribution in [0, 0.1) is 18.8 Å². The third-order valence-electron chi connectivity index (χ3n) is 3.49. The van der Waals surface area contributed by atoms with Crippen LogP contribution in [0.25, 0.3) is 0 Å². The monoisotopic (exact) mass is 227 g/mol. The molecule has 0 saturated heterocycles. The molecule has 0 radical (unpaired) electrons. The fourth-order valence-electron chi connectivity index (χ4n) is 2.20. The number of rotatable bonds is 2. The molecule has 0 atom stereocenters. The molecule has 1 aliphatic carbocycles. The van der Waals surface area contributed by atoms with Gasteiger partial charge in [-0.25, -0.2) is 4.68 Å². The van der Waals surface area contributed by atoms with E-state index >= 15 is 0 Å². The van der Waals surface area contributed by atoms with Gasteiger partial charge in [-0.1, -0.05) is 25.4 Å². The molecule has 1 aliphatic rings. The Morgan fingerprint density at radius 2 is 2.07 bits per heavy atom. The highest BCUT2D eigenvalue weighted by atomic mass is 35.5. The van der Waals surface area contributed by atoms with Crippen molar-refractivity contribution in [1.29, 1.82) is 0 Å². The van der Waals surface area contributed by atoms with Gasteiger partial charge < -0.3 is 5.73 Å². The molecule has 0 amide bonds. The lowest BCUT2D eigenvalue weighted by Gasteiger charge is -2.38. The smallest absolute Gasteiger partial charge is 0.141 e. The molecule has 15 heavy (non-hydrogen) atoms. The Bertz CT molecular complexity index is 364. The van der Waals surface area contributed by atoms with E-state index in [0.29, 0.717) is 16.9 Å². The van der Waals surface area contributed by atoms with Crippen LogP contribution in [-0.2, 0) is 0 Å². The summed E-state index contributed by atoms with van der Waals surface area (Å²) < 4.78 is 1.90. The summed E-state index contributed by atoms with van der Waals surface area (Å²) in [6.07, 6.45) is 2.36. The van der Waals surface area contributed by atoms with Crippen molar-refractivity contribution in [3.05, 3.63) is 10.7 Å². The van der Waals surface area contributed by atoms with Crippen LogP contribution < -0.4 is 5.73 Å². The van der Waals surface area contributed by atoms with E-state index in [1.165, 1.54) is 12.8 Å². The molecule has 0 spiro atoms. The zero-order valence-corrected chi connectivity index (χ0v) is 10.3. The first-order valence-corrected chi connectivity index (χ1v) is 5.88. The molecule has 2 N–H and O–H groups in total. The van der Waals surface area contributed by atoms with E-state index in [0.717, 1.165) is 17.5 Å².